The first-order chi connectivity index (χ1) is 24.6. The van der Waals surface area contributed by atoms with Gasteiger partial charge in [-0.3, -0.25) is 0 Å². The topological polar surface area (TPSA) is 0 Å². The molecule has 0 amide bonds. The molecule has 51 heavy (non-hydrogen) atoms. The Kier molecular flexibility index (Phi) is 38.3. The van der Waals surface area contributed by atoms with Crippen molar-refractivity contribution in [2.75, 3.05) is 0 Å². The summed E-state index contributed by atoms with van der Waals surface area (Å²) in [6.07, 6.45) is 51.4. The van der Waals surface area contributed by atoms with Gasteiger partial charge in [0.25, 0.3) is 0 Å². The Morgan fingerprint density at radius 3 is 0.725 bits per heavy atom. The Bertz CT molecular complexity index is 644. The molecule has 0 saturated heterocycles. The molecule has 0 N–H and O–H groups in total. The molecule has 0 aromatic heterocycles. The first-order valence-electron chi connectivity index (χ1n) is 24.6. The normalized spacial score (nSPS) is 14.6. The summed E-state index contributed by atoms with van der Waals surface area (Å²) in [6, 6.07) is 0. The second-order valence-electron chi connectivity index (χ2n) is 19.8. The van der Waals surface area contributed by atoms with Crippen LogP contribution in [0.4, 0.5) is 0 Å². The van der Waals surface area contributed by atoms with Crippen LogP contribution in [-0.2, 0) is 0 Å². The second kappa shape index (κ2) is 38.3. The van der Waals surface area contributed by atoms with E-state index in [1.807, 2.05) is 0 Å². The summed E-state index contributed by atoms with van der Waals surface area (Å²) in [6.45, 7) is 22.0. The second-order valence-corrected chi connectivity index (χ2v) is 19.8. The molecule has 0 aliphatic rings. The van der Waals surface area contributed by atoms with Gasteiger partial charge in [0.1, 0.15) is 0 Å². The molecule has 0 rings (SSSR count). The summed E-state index contributed by atoms with van der Waals surface area (Å²) in [5, 5.41) is 0. The Morgan fingerprint density at radius 2 is 0.451 bits per heavy atom. The van der Waals surface area contributed by atoms with Crippen LogP contribution < -0.4 is 0 Å². The third kappa shape index (κ3) is 39.5. The van der Waals surface area contributed by atoms with Crippen LogP contribution in [0.3, 0.4) is 0 Å². The van der Waals surface area contributed by atoms with Crippen LogP contribution in [-0.4, -0.2) is 0 Å². The maximum atomic E-state index is 2.56. The molecule has 4 unspecified atom stereocenters. The van der Waals surface area contributed by atoms with Gasteiger partial charge in [0.15, 0.2) is 0 Å². The lowest BCUT2D eigenvalue weighted by Gasteiger charge is -2.26. The maximum absolute atomic E-state index is 2.56. The van der Waals surface area contributed by atoms with Crippen LogP contribution in [0.1, 0.15) is 287 Å². The number of hydrogen-bond acceptors (Lipinski definition) is 0. The molecule has 4 atom stereocenters. The minimum absolute atomic E-state index is 0.849. The van der Waals surface area contributed by atoms with Crippen molar-refractivity contribution in [2.45, 2.75) is 287 Å². The van der Waals surface area contributed by atoms with Gasteiger partial charge in [0, 0.05) is 0 Å². The first kappa shape index (κ1) is 51.0. The summed E-state index contributed by atoms with van der Waals surface area (Å²) in [4.78, 5) is 0. The zero-order valence-electron chi connectivity index (χ0n) is 37.8. The van der Waals surface area contributed by atoms with Gasteiger partial charge < -0.3 is 0 Å². The van der Waals surface area contributed by atoms with Gasteiger partial charge in [-0.2, -0.15) is 0 Å². The summed E-state index contributed by atoms with van der Waals surface area (Å²) >= 11 is 0. The molecule has 0 nitrogen and oxygen atoms in total. The molecule has 0 aromatic rings. The third-order valence-electron chi connectivity index (χ3n) is 12.8. The minimum Gasteiger partial charge on any atom is -0.0628 e. The van der Waals surface area contributed by atoms with Crippen molar-refractivity contribution < 1.29 is 0 Å². The molecule has 0 bridgehead atoms. The minimum atomic E-state index is 0.849. The summed E-state index contributed by atoms with van der Waals surface area (Å²) in [5.74, 6) is 6.36. The molecule has 0 aromatic carbocycles. The molecular formula is C51H104. The Labute approximate surface area is 327 Å². The highest BCUT2D eigenvalue weighted by Gasteiger charge is 2.18. The van der Waals surface area contributed by atoms with E-state index >= 15 is 0 Å². The fourth-order valence-corrected chi connectivity index (χ4v) is 8.76. The van der Waals surface area contributed by atoms with E-state index in [0.717, 1.165) is 41.4 Å². The van der Waals surface area contributed by atoms with Crippen LogP contribution in [0.25, 0.3) is 0 Å². The Morgan fingerprint density at radius 1 is 0.216 bits per heavy atom. The summed E-state index contributed by atoms with van der Waals surface area (Å²) in [7, 11) is 0. The largest absolute Gasteiger partial charge is 0.0628 e. The zero-order valence-corrected chi connectivity index (χ0v) is 37.8. The lowest BCUT2D eigenvalue weighted by atomic mass is 9.80. The van der Waals surface area contributed by atoms with Crippen molar-refractivity contribution in [3.63, 3.8) is 0 Å². The van der Waals surface area contributed by atoms with E-state index in [0.29, 0.717) is 0 Å². The quantitative estimate of drug-likeness (QED) is 0.0553. The van der Waals surface area contributed by atoms with Crippen LogP contribution in [0.15, 0.2) is 0 Å². The zero-order chi connectivity index (χ0) is 37.8. The number of hydrogen-bond donors (Lipinski definition) is 0. The van der Waals surface area contributed by atoms with Gasteiger partial charge in [0.2, 0.25) is 0 Å². The fraction of sp³-hybridized carbons (Fsp3) is 1.00. The average Bonchev–Trinajstić information content (AvgIpc) is 3.08. The number of rotatable bonds is 41. The van der Waals surface area contributed by atoms with E-state index in [4.69, 9.17) is 0 Å². The van der Waals surface area contributed by atoms with Crippen molar-refractivity contribution in [2.24, 2.45) is 41.4 Å². The smallest absolute Gasteiger partial charge is 0.0388 e. The van der Waals surface area contributed by atoms with E-state index in [1.54, 1.807) is 0 Å². The number of unbranched alkanes of at least 4 members (excludes halogenated alkanes) is 23. The van der Waals surface area contributed by atoms with E-state index in [-0.39, 0.29) is 0 Å². The van der Waals surface area contributed by atoms with Crippen molar-refractivity contribution >= 4 is 0 Å². The highest BCUT2D eigenvalue weighted by molar-refractivity contribution is 4.69. The van der Waals surface area contributed by atoms with Crippen LogP contribution >= 0.6 is 0 Å². The monoisotopic (exact) mass is 717 g/mol. The van der Waals surface area contributed by atoms with E-state index < -0.39 is 0 Å². The van der Waals surface area contributed by atoms with Crippen molar-refractivity contribution in [1.82, 2.24) is 0 Å². The van der Waals surface area contributed by atoms with Crippen molar-refractivity contribution in [1.29, 1.82) is 0 Å². The predicted molar refractivity (Wildman–Crippen MR) is 237 cm³/mol. The fourth-order valence-electron chi connectivity index (χ4n) is 8.76. The molecule has 0 aliphatic heterocycles. The van der Waals surface area contributed by atoms with Crippen LogP contribution in [0.5, 0.6) is 0 Å². The highest BCUT2D eigenvalue weighted by Crippen LogP contribution is 2.30. The van der Waals surface area contributed by atoms with Crippen LogP contribution in [0, 0.1) is 41.4 Å². The predicted octanol–water partition coefficient (Wildman–Crippen LogP) is 19.1. The Hall–Kier alpha value is 0. The lowest BCUT2D eigenvalue weighted by molar-refractivity contribution is 0.257. The van der Waals surface area contributed by atoms with E-state index in [2.05, 4.69) is 62.3 Å². The molecule has 0 radical (unpaired) electrons. The highest BCUT2D eigenvalue weighted by atomic mass is 14.2. The molecule has 308 valence electrons. The molecule has 0 spiro atoms. The SMILES string of the molecule is CC(C)CCCCCCCCCCCCCCCCC(C)CC(CCC(C)CCCCCCCCC(C)CCCCCCCCC(C)C)C(C)C. The van der Waals surface area contributed by atoms with Gasteiger partial charge in [-0.1, -0.05) is 274 Å². The Balaban J connectivity index is 3.64. The maximum Gasteiger partial charge on any atom is -0.0388 e. The van der Waals surface area contributed by atoms with Gasteiger partial charge in [0.05, 0.1) is 0 Å². The average molecular weight is 717 g/mol. The van der Waals surface area contributed by atoms with Gasteiger partial charge in [-0.05, 0) is 54.3 Å². The molecule has 0 aliphatic carbocycles. The summed E-state index contributed by atoms with van der Waals surface area (Å²) in [5.41, 5.74) is 0. The van der Waals surface area contributed by atoms with Gasteiger partial charge in [-0.25, -0.2) is 0 Å². The van der Waals surface area contributed by atoms with E-state index in [9.17, 15) is 0 Å². The first-order valence-corrected chi connectivity index (χ1v) is 24.6. The van der Waals surface area contributed by atoms with E-state index in [1.165, 1.54) is 225 Å². The van der Waals surface area contributed by atoms with Gasteiger partial charge in [-0.15, -0.1) is 0 Å². The molecular weight excluding hydrogens is 613 g/mol. The third-order valence-corrected chi connectivity index (χ3v) is 12.8. The summed E-state index contributed by atoms with van der Waals surface area (Å²) < 4.78 is 0. The molecule has 0 saturated carbocycles. The van der Waals surface area contributed by atoms with Crippen LogP contribution in [0.2, 0.25) is 0 Å². The molecule has 0 heteroatoms. The standard InChI is InChI=1S/C51H104/c1-45(2)36-30-24-18-16-14-12-10-11-13-15-17-19-29-35-41-50(9)44-51(47(5)6)43-42-49(8)40-34-28-23-22-27-33-39-48(7)38-32-26-21-20-25-31-37-46(3)4/h45-51H,10-44H2,1-9H3. The lowest BCUT2D eigenvalue weighted by Crippen LogP contribution is -2.14. The van der Waals surface area contributed by atoms with Crippen molar-refractivity contribution in [3.8, 4) is 0 Å². The molecule has 0 heterocycles. The van der Waals surface area contributed by atoms with Crippen molar-refractivity contribution in [3.05, 3.63) is 0 Å². The molecule has 0 fully saturated rings. The van der Waals surface area contributed by atoms with Gasteiger partial charge >= 0.3 is 0 Å².